The molecule has 0 bridgehead atoms. The fourth-order valence-corrected chi connectivity index (χ4v) is 1.56. The first-order valence-corrected chi connectivity index (χ1v) is 5.85. The van der Waals surface area contributed by atoms with Crippen LogP contribution in [0.5, 0.6) is 5.75 Å². The molecule has 0 amide bonds. The minimum Gasteiger partial charge on any atom is -0.494 e. The molecule has 5 heteroatoms. The van der Waals surface area contributed by atoms with E-state index in [0.717, 1.165) is 0 Å². The van der Waals surface area contributed by atoms with Crippen molar-refractivity contribution in [3.63, 3.8) is 0 Å². The highest BCUT2D eigenvalue weighted by molar-refractivity contribution is 5.78. The van der Waals surface area contributed by atoms with Gasteiger partial charge in [-0.2, -0.15) is 0 Å². The Bertz CT molecular complexity index is 394. The summed E-state index contributed by atoms with van der Waals surface area (Å²) in [6.45, 7) is 4.29. The lowest BCUT2D eigenvalue weighted by Gasteiger charge is -2.25. The average molecular weight is 255 g/mol. The molecule has 0 radical (unpaired) electrons. The van der Waals surface area contributed by atoms with E-state index in [9.17, 15) is 9.18 Å². The van der Waals surface area contributed by atoms with Crippen LogP contribution in [0.4, 0.5) is 4.39 Å². The molecule has 0 aliphatic heterocycles. The molecule has 2 N–H and O–H groups in total. The Balaban J connectivity index is 2.48. The molecule has 4 nitrogen and oxygen atoms in total. The molecule has 0 fully saturated rings. The lowest BCUT2D eigenvalue weighted by atomic mass is 9.98. The van der Waals surface area contributed by atoms with Crippen molar-refractivity contribution in [2.45, 2.75) is 25.8 Å². The number of carboxylic acid groups (broad SMARTS) is 1. The van der Waals surface area contributed by atoms with E-state index < -0.39 is 11.5 Å². The molecule has 0 aliphatic rings. The Morgan fingerprint density at radius 3 is 2.56 bits per heavy atom. The zero-order chi connectivity index (χ0) is 13.6. The fraction of sp³-hybridized carbons (Fsp3) is 0.462. The van der Waals surface area contributed by atoms with E-state index in [0.29, 0.717) is 18.7 Å². The van der Waals surface area contributed by atoms with Crippen molar-refractivity contribution < 1.29 is 19.0 Å². The molecule has 0 heterocycles. The zero-order valence-electron chi connectivity index (χ0n) is 10.6. The number of likely N-dealkylation sites (N-methyl/N-ethyl adjacent to an activating group) is 1. The number of halogens is 1. The molecule has 1 aromatic rings. The topological polar surface area (TPSA) is 58.6 Å². The van der Waals surface area contributed by atoms with Crippen molar-refractivity contribution in [1.29, 1.82) is 0 Å². The number of hydrogen-bond donors (Lipinski definition) is 2. The smallest absolute Gasteiger partial charge is 0.323 e. The van der Waals surface area contributed by atoms with E-state index >= 15 is 0 Å². The van der Waals surface area contributed by atoms with Gasteiger partial charge in [0.2, 0.25) is 0 Å². The second kappa shape index (κ2) is 6.35. The summed E-state index contributed by atoms with van der Waals surface area (Å²) in [5.74, 6) is -0.710. The van der Waals surface area contributed by atoms with Gasteiger partial charge in [0, 0.05) is 6.42 Å². The van der Waals surface area contributed by atoms with Crippen LogP contribution in [-0.4, -0.2) is 29.8 Å². The molecule has 1 rings (SSSR count). The van der Waals surface area contributed by atoms with Gasteiger partial charge < -0.3 is 15.2 Å². The molecule has 100 valence electrons. The van der Waals surface area contributed by atoms with Crippen LogP contribution < -0.4 is 10.1 Å². The van der Waals surface area contributed by atoms with Crippen LogP contribution in [0.25, 0.3) is 0 Å². The van der Waals surface area contributed by atoms with Gasteiger partial charge in [0.05, 0.1) is 6.61 Å². The Morgan fingerprint density at radius 1 is 1.44 bits per heavy atom. The molecule has 0 spiro atoms. The molecular weight excluding hydrogens is 237 g/mol. The van der Waals surface area contributed by atoms with Gasteiger partial charge in [-0.15, -0.1) is 0 Å². The first-order chi connectivity index (χ1) is 8.48. The van der Waals surface area contributed by atoms with Crippen LogP contribution in [0, 0.1) is 5.82 Å². The van der Waals surface area contributed by atoms with Crippen molar-refractivity contribution in [1.82, 2.24) is 5.32 Å². The third-order valence-electron chi connectivity index (χ3n) is 2.72. The van der Waals surface area contributed by atoms with Crippen molar-refractivity contribution >= 4 is 5.97 Å². The maximum atomic E-state index is 12.7. The first-order valence-electron chi connectivity index (χ1n) is 5.85. The van der Waals surface area contributed by atoms with E-state index in [2.05, 4.69) is 5.32 Å². The average Bonchev–Trinajstić information content (AvgIpc) is 2.32. The maximum Gasteiger partial charge on any atom is 0.323 e. The van der Waals surface area contributed by atoms with Crippen LogP contribution in [0.1, 0.15) is 20.3 Å². The number of benzene rings is 1. The standard InChI is InChI=1S/C13H18FNO3/c1-3-15-13(2,12(16)17)8-9-18-11-6-4-10(14)5-7-11/h4-7,15H,3,8-9H2,1-2H3,(H,16,17). The Morgan fingerprint density at radius 2 is 2.06 bits per heavy atom. The second-order valence-corrected chi connectivity index (χ2v) is 4.22. The lowest BCUT2D eigenvalue weighted by Crippen LogP contribution is -2.50. The third kappa shape index (κ3) is 4.00. The van der Waals surface area contributed by atoms with Crippen LogP contribution in [0.3, 0.4) is 0 Å². The number of aliphatic carboxylic acids is 1. The molecular formula is C13H18FNO3. The van der Waals surface area contributed by atoms with E-state index in [1.165, 1.54) is 24.3 Å². The SMILES string of the molecule is CCNC(C)(CCOc1ccc(F)cc1)C(=O)O. The Kier molecular flexibility index (Phi) is 5.09. The van der Waals surface area contributed by atoms with Crippen LogP contribution in [0.2, 0.25) is 0 Å². The summed E-state index contributed by atoms with van der Waals surface area (Å²) in [7, 11) is 0. The Labute approximate surface area is 106 Å². The lowest BCUT2D eigenvalue weighted by molar-refractivity contribution is -0.144. The number of carbonyl (C=O) groups is 1. The molecule has 0 aliphatic carbocycles. The minimum absolute atomic E-state index is 0.251. The number of ether oxygens (including phenoxy) is 1. The summed E-state index contributed by atoms with van der Waals surface area (Å²) in [6.07, 6.45) is 0.327. The number of rotatable bonds is 7. The predicted octanol–water partition coefficient (Wildman–Crippen LogP) is 2.05. The molecule has 0 aromatic heterocycles. The van der Waals surface area contributed by atoms with E-state index in [-0.39, 0.29) is 12.4 Å². The molecule has 0 saturated carbocycles. The summed E-state index contributed by atoms with van der Waals surface area (Å²) < 4.78 is 18.0. The highest BCUT2D eigenvalue weighted by Crippen LogP contribution is 2.14. The zero-order valence-corrected chi connectivity index (χ0v) is 10.6. The third-order valence-corrected chi connectivity index (χ3v) is 2.72. The molecule has 0 saturated heterocycles. The summed E-state index contributed by atoms with van der Waals surface area (Å²) in [4.78, 5) is 11.1. The second-order valence-electron chi connectivity index (χ2n) is 4.22. The van der Waals surface area contributed by atoms with Gasteiger partial charge in [-0.25, -0.2) is 4.39 Å². The molecule has 18 heavy (non-hydrogen) atoms. The fourth-order valence-electron chi connectivity index (χ4n) is 1.56. The molecule has 1 aromatic carbocycles. The highest BCUT2D eigenvalue weighted by atomic mass is 19.1. The van der Waals surface area contributed by atoms with Crippen LogP contribution in [-0.2, 0) is 4.79 Å². The first kappa shape index (κ1) is 14.4. The van der Waals surface area contributed by atoms with Crippen LogP contribution >= 0.6 is 0 Å². The van der Waals surface area contributed by atoms with Crippen molar-refractivity contribution in [2.24, 2.45) is 0 Å². The Hall–Kier alpha value is -1.62. The van der Waals surface area contributed by atoms with Gasteiger partial charge in [-0.1, -0.05) is 6.92 Å². The van der Waals surface area contributed by atoms with Gasteiger partial charge in [0.15, 0.2) is 0 Å². The van der Waals surface area contributed by atoms with Crippen molar-refractivity contribution in [3.8, 4) is 5.75 Å². The minimum atomic E-state index is -1.01. The largest absolute Gasteiger partial charge is 0.494 e. The predicted molar refractivity (Wildman–Crippen MR) is 66.2 cm³/mol. The van der Waals surface area contributed by atoms with E-state index in [1.54, 1.807) is 6.92 Å². The quantitative estimate of drug-likeness (QED) is 0.783. The van der Waals surface area contributed by atoms with Gasteiger partial charge in [0.25, 0.3) is 0 Å². The molecule has 1 unspecified atom stereocenters. The van der Waals surface area contributed by atoms with Crippen molar-refractivity contribution in [2.75, 3.05) is 13.2 Å². The summed E-state index contributed by atoms with van der Waals surface area (Å²) in [6, 6.07) is 5.63. The van der Waals surface area contributed by atoms with E-state index in [4.69, 9.17) is 9.84 Å². The van der Waals surface area contributed by atoms with Gasteiger partial charge in [0.1, 0.15) is 17.1 Å². The number of hydrogen-bond acceptors (Lipinski definition) is 3. The monoisotopic (exact) mass is 255 g/mol. The van der Waals surface area contributed by atoms with Gasteiger partial charge >= 0.3 is 5.97 Å². The van der Waals surface area contributed by atoms with Crippen molar-refractivity contribution in [3.05, 3.63) is 30.1 Å². The normalized spacial score (nSPS) is 13.9. The van der Waals surface area contributed by atoms with Crippen LogP contribution in [0.15, 0.2) is 24.3 Å². The number of nitrogens with one attached hydrogen (secondary N) is 1. The maximum absolute atomic E-state index is 12.7. The van der Waals surface area contributed by atoms with Gasteiger partial charge in [-0.05, 0) is 37.7 Å². The van der Waals surface area contributed by atoms with Gasteiger partial charge in [-0.3, -0.25) is 4.79 Å². The van der Waals surface area contributed by atoms with E-state index in [1.807, 2.05) is 6.92 Å². The summed E-state index contributed by atoms with van der Waals surface area (Å²) >= 11 is 0. The highest BCUT2D eigenvalue weighted by Gasteiger charge is 2.31. The number of carboxylic acids is 1. The summed E-state index contributed by atoms with van der Waals surface area (Å²) in [5.41, 5.74) is -1.01. The summed E-state index contributed by atoms with van der Waals surface area (Å²) in [5, 5.41) is 12.0. The molecule has 1 atom stereocenters.